The molecule has 1 amide bonds. The van der Waals surface area contributed by atoms with E-state index in [9.17, 15) is 4.79 Å². The summed E-state index contributed by atoms with van der Waals surface area (Å²) in [6.45, 7) is 9.83. The Bertz CT molecular complexity index is 431. The van der Waals surface area contributed by atoms with E-state index in [1.807, 2.05) is 11.0 Å². The maximum atomic E-state index is 12.6. The first-order valence-corrected chi connectivity index (χ1v) is 8.84. The Balaban J connectivity index is 1.85. The SMILES string of the molecule is CCN1CCN(CC(=O)N(CCOC)Cc2cccs2)CC1. The van der Waals surface area contributed by atoms with E-state index in [4.69, 9.17) is 4.74 Å². The number of thiophene rings is 1. The Kier molecular flexibility index (Phi) is 7.32. The van der Waals surface area contributed by atoms with Crippen molar-refractivity contribution >= 4 is 17.2 Å². The Morgan fingerprint density at radius 2 is 2.05 bits per heavy atom. The van der Waals surface area contributed by atoms with E-state index in [2.05, 4.69) is 28.2 Å². The number of piperazine rings is 1. The van der Waals surface area contributed by atoms with Crippen molar-refractivity contribution in [1.82, 2.24) is 14.7 Å². The molecule has 0 spiro atoms. The second-order valence-corrected chi connectivity index (χ2v) is 6.63. The van der Waals surface area contributed by atoms with Crippen LogP contribution in [0.1, 0.15) is 11.8 Å². The number of carbonyl (C=O) groups excluding carboxylic acids is 1. The van der Waals surface area contributed by atoms with Crippen molar-refractivity contribution in [3.63, 3.8) is 0 Å². The fourth-order valence-corrected chi connectivity index (χ4v) is 3.36. The molecule has 2 heterocycles. The zero-order valence-electron chi connectivity index (χ0n) is 13.7. The molecule has 1 aliphatic heterocycles. The predicted octanol–water partition coefficient (Wildman–Crippen LogP) is 1.36. The van der Waals surface area contributed by atoms with Gasteiger partial charge in [-0.2, -0.15) is 0 Å². The number of likely N-dealkylation sites (N-methyl/N-ethyl adjacent to an activating group) is 1. The second-order valence-electron chi connectivity index (χ2n) is 5.60. The maximum Gasteiger partial charge on any atom is 0.237 e. The van der Waals surface area contributed by atoms with Crippen LogP contribution in [0.15, 0.2) is 17.5 Å². The summed E-state index contributed by atoms with van der Waals surface area (Å²) in [7, 11) is 1.68. The first-order chi connectivity index (χ1) is 10.7. The van der Waals surface area contributed by atoms with Crippen LogP contribution in [0.3, 0.4) is 0 Å². The Labute approximate surface area is 137 Å². The molecule has 0 radical (unpaired) electrons. The van der Waals surface area contributed by atoms with Crippen LogP contribution in [-0.2, 0) is 16.1 Å². The second kappa shape index (κ2) is 9.25. The molecule has 1 aliphatic rings. The maximum absolute atomic E-state index is 12.6. The topological polar surface area (TPSA) is 36.0 Å². The van der Waals surface area contributed by atoms with Gasteiger partial charge in [0.1, 0.15) is 0 Å². The van der Waals surface area contributed by atoms with Crippen molar-refractivity contribution in [2.24, 2.45) is 0 Å². The molecule has 6 heteroatoms. The van der Waals surface area contributed by atoms with Crippen molar-refractivity contribution in [3.05, 3.63) is 22.4 Å². The zero-order valence-corrected chi connectivity index (χ0v) is 14.5. The smallest absolute Gasteiger partial charge is 0.237 e. The number of hydrogen-bond acceptors (Lipinski definition) is 5. The molecule has 1 saturated heterocycles. The molecule has 124 valence electrons. The van der Waals surface area contributed by atoms with Crippen LogP contribution in [0.5, 0.6) is 0 Å². The van der Waals surface area contributed by atoms with Crippen LogP contribution in [0.25, 0.3) is 0 Å². The summed E-state index contributed by atoms with van der Waals surface area (Å²) in [6.07, 6.45) is 0. The van der Waals surface area contributed by atoms with E-state index in [0.29, 0.717) is 26.2 Å². The van der Waals surface area contributed by atoms with Crippen LogP contribution in [0, 0.1) is 0 Å². The lowest BCUT2D eigenvalue weighted by molar-refractivity contribution is -0.134. The summed E-state index contributed by atoms with van der Waals surface area (Å²) in [4.78, 5) is 20.4. The van der Waals surface area contributed by atoms with E-state index >= 15 is 0 Å². The van der Waals surface area contributed by atoms with E-state index in [0.717, 1.165) is 32.7 Å². The van der Waals surface area contributed by atoms with Gasteiger partial charge in [0.25, 0.3) is 0 Å². The van der Waals surface area contributed by atoms with Gasteiger partial charge in [-0.15, -0.1) is 11.3 Å². The van der Waals surface area contributed by atoms with Gasteiger partial charge in [-0.1, -0.05) is 13.0 Å². The summed E-state index contributed by atoms with van der Waals surface area (Å²) < 4.78 is 5.15. The number of carbonyl (C=O) groups is 1. The molecule has 0 saturated carbocycles. The molecule has 1 aromatic heterocycles. The van der Waals surface area contributed by atoms with E-state index in [1.165, 1.54) is 4.88 Å². The van der Waals surface area contributed by atoms with Crippen LogP contribution in [-0.4, -0.2) is 80.1 Å². The fourth-order valence-electron chi connectivity index (χ4n) is 2.64. The summed E-state index contributed by atoms with van der Waals surface area (Å²) >= 11 is 1.70. The monoisotopic (exact) mass is 325 g/mol. The van der Waals surface area contributed by atoms with Crippen LogP contribution >= 0.6 is 11.3 Å². The minimum atomic E-state index is 0.204. The highest BCUT2D eigenvalue weighted by atomic mass is 32.1. The van der Waals surface area contributed by atoms with Crippen molar-refractivity contribution in [2.45, 2.75) is 13.5 Å². The van der Waals surface area contributed by atoms with Gasteiger partial charge >= 0.3 is 0 Å². The number of nitrogens with zero attached hydrogens (tertiary/aromatic N) is 3. The summed E-state index contributed by atoms with van der Waals surface area (Å²) in [5, 5.41) is 2.05. The lowest BCUT2D eigenvalue weighted by Gasteiger charge is -2.34. The number of amides is 1. The van der Waals surface area contributed by atoms with Gasteiger partial charge in [-0.25, -0.2) is 0 Å². The van der Waals surface area contributed by atoms with E-state index in [1.54, 1.807) is 18.4 Å². The van der Waals surface area contributed by atoms with Crippen LogP contribution in [0.4, 0.5) is 0 Å². The predicted molar refractivity (Wildman–Crippen MR) is 90.2 cm³/mol. The van der Waals surface area contributed by atoms with E-state index in [-0.39, 0.29) is 5.91 Å². The van der Waals surface area contributed by atoms with Gasteiger partial charge < -0.3 is 14.5 Å². The van der Waals surface area contributed by atoms with Crippen molar-refractivity contribution in [1.29, 1.82) is 0 Å². The largest absolute Gasteiger partial charge is 0.383 e. The van der Waals surface area contributed by atoms with E-state index < -0.39 is 0 Å². The van der Waals surface area contributed by atoms with Gasteiger partial charge in [0.15, 0.2) is 0 Å². The molecule has 2 rings (SSSR count). The number of hydrogen-bond donors (Lipinski definition) is 0. The molecule has 1 aromatic rings. The molecule has 0 atom stereocenters. The van der Waals surface area contributed by atoms with Crippen molar-refractivity contribution < 1.29 is 9.53 Å². The molecular weight excluding hydrogens is 298 g/mol. The average molecular weight is 325 g/mol. The number of methoxy groups -OCH3 is 1. The lowest BCUT2D eigenvalue weighted by Crippen LogP contribution is -2.50. The van der Waals surface area contributed by atoms with Crippen LogP contribution in [0.2, 0.25) is 0 Å². The Hall–Kier alpha value is -0.950. The summed E-state index contributed by atoms with van der Waals surface area (Å²) in [5.74, 6) is 0.204. The van der Waals surface area contributed by atoms with Gasteiger partial charge in [-0.3, -0.25) is 9.69 Å². The zero-order chi connectivity index (χ0) is 15.8. The van der Waals surface area contributed by atoms with Gasteiger partial charge in [-0.05, 0) is 18.0 Å². The summed E-state index contributed by atoms with van der Waals surface area (Å²) in [5.41, 5.74) is 0. The minimum Gasteiger partial charge on any atom is -0.383 e. The molecule has 0 unspecified atom stereocenters. The van der Waals surface area contributed by atoms with Gasteiger partial charge in [0, 0.05) is 44.7 Å². The third-order valence-corrected chi connectivity index (χ3v) is 4.98. The minimum absolute atomic E-state index is 0.204. The highest BCUT2D eigenvalue weighted by Crippen LogP contribution is 2.12. The standard InChI is InChI=1S/C16H27N3O2S/c1-3-17-6-8-18(9-7-17)14-16(20)19(10-11-21-2)13-15-5-4-12-22-15/h4-5,12H,3,6-11,13-14H2,1-2H3. The first-order valence-electron chi connectivity index (χ1n) is 7.96. The van der Waals surface area contributed by atoms with Gasteiger partial charge in [0.2, 0.25) is 5.91 Å². The average Bonchev–Trinajstić information content (AvgIpc) is 3.05. The molecule has 0 bridgehead atoms. The Morgan fingerprint density at radius 1 is 1.32 bits per heavy atom. The third kappa shape index (κ3) is 5.35. The molecule has 0 aliphatic carbocycles. The molecule has 0 N–H and O–H groups in total. The molecule has 5 nitrogen and oxygen atoms in total. The van der Waals surface area contributed by atoms with Crippen molar-refractivity contribution in [2.75, 3.05) is 59.5 Å². The normalized spacial score (nSPS) is 16.8. The van der Waals surface area contributed by atoms with Crippen LogP contribution < -0.4 is 0 Å². The molecular formula is C16H27N3O2S. The molecule has 22 heavy (non-hydrogen) atoms. The lowest BCUT2D eigenvalue weighted by atomic mass is 10.3. The highest BCUT2D eigenvalue weighted by Gasteiger charge is 2.21. The first kappa shape index (κ1) is 17.4. The molecule has 0 aromatic carbocycles. The Morgan fingerprint density at radius 3 is 2.64 bits per heavy atom. The third-order valence-electron chi connectivity index (χ3n) is 4.12. The fraction of sp³-hybridized carbons (Fsp3) is 0.688. The van der Waals surface area contributed by atoms with Crippen molar-refractivity contribution in [3.8, 4) is 0 Å². The number of rotatable bonds is 8. The highest BCUT2D eigenvalue weighted by molar-refractivity contribution is 7.09. The summed E-state index contributed by atoms with van der Waals surface area (Å²) in [6, 6.07) is 4.11. The molecule has 1 fully saturated rings. The number of ether oxygens (including phenoxy) is 1. The van der Waals surface area contributed by atoms with Gasteiger partial charge in [0.05, 0.1) is 19.7 Å². The quantitative estimate of drug-likeness (QED) is 0.723.